The number of benzene rings is 3. The van der Waals surface area contributed by atoms with E-state index in [0.717, 1.165) is 53.0 Å². The molecule has 1 aliphatic rings. The molecular weight excluding hydrogens is 422 g/mol. The molecule has 6 heteroatoms. The molecule has 3 N–H and O–H groups in total. The summed E-state index contributed by atoms with van der Waals surface area (Å²) >= 11 is 6.10. The van der Waals surface area contributed by atoms with Gasteiger partial charge in [0.05, 0.1) is 11.1 Å². The number of hydrogen-bond donors (Lipinski definition) is 3. The van der Waals surface area contributed by atoms with Gasteiger partial charge in [0.2, 0.25) is 0 Å². The zero-order chi connectivity index (χ0) is 22.1. The number of phenols is 1. The van der Waals surface area contributed by atoms with Gasteiger partial charge in [-0.25, -0.2) is 0 Å². The first-order chi connectivity index (χ1) is 15.6. The number of nitrogens with one attached hydrogen (secondary N) is 2. The molecule has 32 heavy (non-hydrogen) atoms. The topological polar surface area (TPSA) is 74.2 Å². The van der Waals surface area contributed by atoms with Gasteiger partial charge in [0, 0.05) is 34.4 Å². The van der Waals surface area contributed by atoms with Crippen LogP contribution in [-0.2, 0) is 0 Å². The first-order valence-electron chi connectivity index (χ1n) is 10.9. The number of anilines is 1. The summed E-state index contributed by atoms with van der Waals surface area (Å²) in [4.78, 5) is 17.4. The average molecular weight is 446 g/mol. The molecular formula is C26H24ClN3O2. The number of aromatic hydroxyl groups is 1. The summed E-state index contributed by atoms with van der Waals surface area (Å²) in [6.07, 6.45) is 5.45. The quantitative estimate of drug-likeness (QED) is 0.365. The van der Waals surface area contributed by atoms with Crippen LogP contribution in [0.3, 0.4) is 0 Å². The number of pyridine rings is 1. The number of rotatable bonds is 4. The van der Waals surface area contributed by atoms with Crippen LogP contribution in [0.5, 0.6) is 5.75 Å². The van der Waals surface area contributed by atoms with Crippen molar-refractivity contribution in [2.24, 2.45) is 0 Å². The van der Waals surface area contributed by atoms with Crippen molar-refractivity contribution < 1.29 is 9.90 Å². The number of carbonyl (C=O) groups is 1. The molecule has 1 aromatic heterocycles. The first-order valence-corrected chi connectivity index (χ1v) is 11.3. The molecule has 0 radical (unpaired) electrons. The van der Waals surface area contributed by atoms with Gasteiger partial charge in [0.25, 0.3) is 5.91 Å². The van der Waals surface area contributed by atoms with Crippen molar-refractivity contribution in [1.29, 1.82) is 0 Å². The average Bonchev–Trinajstić information content (AvgIpc) is 2.80. The van der Waals surface area contributed by atoms with E-state index >= 15 is 0 Å². The van der Waals surface area contributed by atoms with Crippen molar-refractivity contribution in [1.82, 2.24) is 10.3 Å². The zero-order valence-corrected chi connectivity index (χ0v) is 18.3. The minimum absolute atomic E-state index is 0.0150. The fourth-order valence-electron chi connectivity index (χ4n) is 4.61. The minimum Gasteiger partial charge on any atom is -0.507 e. The Morgan fingerprint density at radius 3 is 2.56 bits per heavy atom. The Morgan fingerprint density at radius 1 is 0.938 bits per heavy atom. The maximum absolute atomic E-state index is 13.0. The molecule has 4 aromatic rings. The van der Waals surface area contributed by atoms with Crippen molar-refractivity contribution >= 4 is 44.9 Å². The predicted molar refractivity (Wildman–Crippen MR) is 129 cm³/mol. The lowest BCUT2D eigenvalue weighted by atomic mass is 9.90. The number of amides is 1. The zero-order valence-electron chi connectivity index (χ0n) is 17.5. The van der Waals surface area contributed by atoms with E-state index in [9.17, 15) is 9.90 Å². The number of nitrogens with zero attached hydrogens (tertiary/aromatic N) is 1. The number of carbonyl (C=O) groups excluding carboxylic acids is 1. The maximum atomic E-state index is 13.0. The Bertz CT molecular complexity index is 1300. The van der Waals surface area contributed by atoms with Crippen molar-refractivity contribution in [2.75, 3.05) is 5.32 Å². The Hall–Kier alpha value is -3.31. The molecule has 1 heterocycles. The predicted octanol–water partition coefficient (Wildman–Crippen LogP) is 5.90. The van der Waals surface area contributed by atoms with Crippen LogP contribution in [0.15, 0.2) is 66.9 Å². The third-order valence-electron chi connectivity index (χ3n) is 6.26. The highest BCUT2D eigenvalue weighted by Crippen LogP contribution is 2.30. The molecule has 1 fully saturated rings. The second-order valence-corrected chi connectivity index (χ2v) is 8.80. The highest BCUT2D eigenvalue weighted by molar-refractivity contribution is 6.31. The van der Waals surface area contributed by atoms with E-state index in [4.69, 9.17) is 11.6 Å². The van der Waals surface area contributed by atoms with E-state index in [0.29, 0.717) is 16.6 Å². The molecule has 1 aliphatic carbocycles. The van der Waals surface area contributed by atoms with Crippen molar-refractivity contribution in [3.63, 3.8) is 0 Å². The van der Waals surface area contributed by atoms with Gasteiger partial charge in [-0.1, -0.05) is 41.9 Å². The second kappa shape index (κ2) is 8.67. The van der Waals surface area contributed by atoms with E-state index in [1.54, 1.807) is 12.3 Å². The van der Waals surface area contributed by atoms with E-state index < -0.39 is 0 Å². The number of aromatic nitrogens is 1. The highest BCUT2D eigenvalue weighted by atomic mass is 35.5. The molecule has 5 rings (SSSR count). The number of fused-ring (bicyclic) bond motifs is 2. The van der Waals surface area contributed by atoms with Gasteiger partial charge >= 0.3 is 0 Å². The lowest BCUT2D eigenvalue weighted by Crippen LogP contribution is -2.40. The number of phenolic OH excluding ortho intramolecular Hbond substituents is 1. The summed E-state index contributed by atoms with van der Waals surface area (Å²) in [5.74, 6) is -0.200. The molecule has 1 amide bonds. The number of hydrogen-bond acceptors (Lipinski definition) is 4. The van der Waals surface area contributed by atoms with Crippen molar-refractivity contribution in [3.8, 4) is 5.75 Å². The molecule has 162 valence electrons. The van der Waals surface area contributed by atoms with Crippen LogP contribution in [-0.4, -0.2) is 28.1 Å². The van der Waals surface area contributed by atoms with Crippen LogP contribution in [0.1, 0.15) is 36.0 Å². The fraction of sp³-hybridized carbons (Fsp3) is 0.231. The summed E-state index contributed by atoms with van der Waals surface area (Å²) in [5.41, 5.74) is 2.28. The fourth-order valence-corrected chi connectivity index (χ4v) is 4.77. The normalized spacial score (nSPS) is 18.5. The molecule has 1 saturated carbocycles. The van der Waals surface area contributed by atoms with E-state index in [1.807, 2.05) is 54.6 Å². The molecule has 0 aliphatic heterocycles. The molecule has 0 unspecified atom stereocenters. The Kier molecular flexibility index (Phi) is 5.58. The second-order valence-electron chi connectivity index (χ2n) is 8.37. The van der Waals surface area contributed by atoms with Crippen LogP contribution >= 0.6 is 11.6 Å². The van der Waals surface area contributed by atoms with Crippen LogP contribution in [0, 0.1) is 0 Å². The Balaban J connectivity index is 1.24. The van der Waals surface area contributed by atoms with Crippen molar-refractivity contribution in [2.45, 2.75) is 37.8 Å². The minimum atomic E-state index is -0.215. The molecule has 3 aromatic carbocycles. The summed E-state index contributed by atoms with van der Waals surface area (Å²) < 4.78 is 0. The lowest BCUT2D eigenvalue weighted by Gasteiger charge is -2.30. The van der Waals surface area contributed by atoms with Crippen LogP contribution in [0.2, 0.25) is 5.02 Å². The number of halogens is 1. The van der Waals surface area contributed by atoms with E-state index in [2.05, 4.69) is 15.6 Å². The van der Waals surface area contributed by atoms with Gasteiger partial charge < -0.3 is 15.7 Å². The highest BCUT2D eigenvalue weighted by Gasteiger charge is 2.25. The largest absolute Gasteiger partial charge is 0.507 e. The molecule has 0 spiro atoms. The van der Waals surface area contributed by atoms with Gasteiger partial charge in [-0.3, -0.25) is 9.78 Å². The standard InChI is InChI=1S/C26H24ClN3O2/c27-17-6-11-21-22(13-14-28-23(21)15-17)29-18-7-9-19(10-8-18)30-26(32)25-20-4-2-1-3-16(20)5-12-24(25)31/h1-6,11-15,18-19,31H,7-10H2,(H,28,29)(H,30,32). The SMILES string of the molecule is O=C(NC1CCC(Nc2ccnc3cc(Cl)ccc23)CC1)c1c(O)ccc2ccccc12. The maximum Gasteiger partial charge on any atom is 0.255 e. The van der Waals surface area contributed by atoms with Gasteiger partial charge in [0.1, 0.15) is 5.75 Å². The molecule has 0 bridgehead atoms. The van der Waals surface area contributed by atoms with Gasteiger partial charge in [-0.2, -0.15) is 0 Å². The third kappa shape index (κ3) is 4.08. The third-order valence-corrected chi connectivity index (χ3v) is 6.50. The lowest BCUT2D eigenvalue weighted by molar-refractivity contribution is 0.0925. The smallest absolute Gasteiger partial charge is 0.255 e. The molecule has 5 nitrogen and oxygen atoms in total. The van der Waals surface area contributed by atoms with Crippen molar-refractivity contribution in [3.05, 3.63) is 77.4 Å². The summed E-state index contributed by atoms with van der Waals surface area (Å²) in [7, 11) is 0. The molecule has 0 saturated heterocycles. The van der Waals surface area contributed by atoms with E-state index in [1.165, 1.54) is 0 Å². The first kappa shape index (κ1) is 20.6. The Labute approximate surface area is 191 Å². The van der Waals surface area contributed by atoms with Gasteiger partial charge in [0.15, 0.2) is 0 Å². The summed E-state index contributed by atoms with van der Waals surface area (Å²) in [5, 5.41) is 20.6. The van der Waals surface area contributed by atoms with Crippen LogP contribution < -0.4 is 10.6 Å². The van der Waals surface area contributed by atoms with E-state index in [-0.39, 0.29) is 17.7 Å². The monoisotopic (exact) mass is 445 g/mol. The Morgan fingerprint density at radius 2 is 1.72 bits per heavy atom. The van der Waals surface area contributed by atoms with Gasteiger partial charge in [-0.15, -0.1) is 0 Å². The summed E-state index contributed by atoms with van der Waals surface area (Å²) in [6.45, 7) is 0. The molecule has 0 atom stereocenters. The summed E-state index contributed by atoms with van der Waals surface area (Å²) in [6, 6.07) is 19.2. The van der Waals surface area contributed by atoms with Crippen LogP contribution in [0.25, 0.3) is 21.7 Å². The van der Waals surface area contributed by atoms with Gasteiger partial charge in [-0.05, 0) is 66.8 Å². The van der Waals surface area contributed by atoms with Crippen LogP contribution in [0.4, 0.5) is 5.69 Å².